The minimum absolute atomic E-state index is 0.104. The molecule has 0 spiro atoms. The summed E-state index contributed by atoms with van der Waals surface area (Å²) in [6.07, 6.45) is 5.16. The summed E-state index contributed by atoms with van der Waals surface area (Å²) in [6.45, 7) is 3.69. The highest BCUT2D eigenvalue weighted by molar-refractivity contribution is 5.20. The number of benzene rings is 1. The minimum Gasteiger partial charge on any atom is -0.494 e. The Hall–Kier alpha value is -1.74. The summed E-state index contributed by atoms with van der Waals surface area (Å²) in [5.41, 5.74) is 7.00. The zero-order valence-electron chi connectivity index (χ0n) is 10.8. The lowest BCUT2D eigenvalue weighted by atomic mass is 10.2. The fourth-order valence-corrected chi connectivity index (χ4v) is 1.82. The van der Waals surface area contributed by atoms with E-state index in [-0.39, 0.29) is 6.04 Å². The predicted octanol–water partition coefficient (Wildman–Crippen LogP) is 2.98. The topological polar surface area (TPSA) is 40.2 Å². The Morgan fingerprint density at radius 2 is 2.00 bits per heavy atom. The van der Waals surface area contributed by atoms with Gasteiger partial charge in [0.2, 0.25) is 0 Å². The molecule has 0 radical (unpaired) electrons. The van der Waals surface area contributed by atoms with E-state index in [1.165, 1.54) is 5.56 Å². The van der Waals surface area contributed by atoms with Crippen molar-refractivity contribution in [3.8, 4) is 5.75 Å². The number of ether oxygens (including phenoxy) is 1. The Labute approximate surface area is 108 Å². The van der Waals surface area contributed by atoms with Crippen molar-refractivity contribution in [1.29, 1.82) is 0 Å². The van der Waals surface area contributed by atoms with Gasteiger partial charge < -0.3 is 15.0 Å². The van der Waals surface area contributed by atoms with Crippen LogP contribution in [0, 0.1) is 0 Å². The number of hydrogen-bond donors (Lipinski definition) is 1. The van der Waals surface area contributed by atoms with Crippen LogP contribution in [-0.2, 0) is 6.54 Å². The fraction of sp³-hybridized carbons (Fsp3) is 0.333. The molecule has 0 amide bonds. The van der Waals surface area contributed by atoms with Gasteiger partial charge in [0, 0.05) is 25.0 Å². The van der Waals surface area contributed by atoms with Crippen LogP contribution in [0.3, 0.4) is 0 Å². The van der Waals surface area contributed by atoms with Crippen LogP contribution in [0.5, 0.6) is 5.75 Å². The summed E-state index contributed by atoms with van der Waals surface area (Å²) in [4.78, 5) is 0. The Balaban J connectivity index is 1.72. The number of aromatic nitrogens is 1. The van der Waals surface area contributed by atoms with E-state index in [1.54, 1.807) is 0 Å². The molecule has 0 fully saturated rings. The molecule has 0 aliphatic carbocycles. The van der Waals surface area contributed by atoms with Gasteiger partial charge in [-0.15, -0.1) is 0 Å². The number of aryl methyl sites for hydroxylation is 1. The quantitative estimate of drug-likeness (QED) is 0.794. The molecule has 96 valence electrons. The van der Waals surface area contributed by atoms with Gasteiger partial charge in [-0.2, -0.15) is 0 Å². The van der Waals surface area contributed by atoms with Gasteiger partial charge >= 0.3 is 0 Å². The summed E-state index contributed by atoms with van der Waals surface area (Å²) >= 11 is 0. The van der Waals surface area contributed by atoms with Crippen molar-refractivity contribution >= 4 is 0 Å². The molecule has 3 nitrogen and oxygen atoms in total. The van der Waals surface area contributed by atoms with Crippen molar-refractivity contribution in [1.82, 2.24) is 4.57 Å². The first-order chi connectivity index (χ1) is 8.75. The maximum absolute atomic E-state index is 5.82. The second-order valence-electron chi connectivity index (χ2n) is 4.49. The van der Waals surface area contributed by atoms with Gasteiger partial charge in [0.1, 0.15) is 5.75 Å². The smallest absolute Gasteiger partial charge is 0.119 e. The average Bonchev–Trinajstić information content (AvgIpc) is 2.85. The van der Waals surface area contributed by atoms with Crippen LogP contribution in [0.4, 0.5) is 0 Å². The standard InChI is InChI=1S/C15H20N2O/c1-13(16)14-8-10-17(12-14)9-5-11-18-15-6-3-2-4-7-15/h2-4,6-8,10,12-13H,5,9,11,16H2,1H3. The van der Waals surface area contributed by atoms with E-state index in [2.05, 4.69) is 23.0 Å². The molecule has 1 unspecified atom stereocenters. The Morgan fingerprint density at radius 1 is 1.22 bits per heavy atom. The third-order valence-corrected chi connectivity index (χ3v) is 2.87. The van der Waals surface area contributed by atoms with Crippen LogP contribution in [0.15, 0.2) is 48.8 Å². The molecule has 2 aromatic rings. The lowest BCUT2D eigenvalue weighted by Gasteiger charge is -2.06. The summed E-state index contributed by atoms with van der Waals surface area (Å²) in [7, 11) is 0. The van der Waals surface area contributed by atoms with E-state index in [0.717, 1.165) is 25.3 Å². The molecule has 1 aromatic carbocycles. The highest BCUT2D eigenvalue weighted by Crippen LogP contribution is 2.11. The Kier molecular flexibility index (Phi) is 4.42. The monoisotopic (exact) mass is 244 g/mol. The number of nitrogens with zero attached hydrogens (tertiary/aromatic N) is 1. The number of para-hydroxylation sites is 1. The van der Waals surface area contributed by atoms with Crippen LogP contribution in [0.2, 0.25) is 0 Å². The van der Waals surface area contributed by atoms with E-state index < -0.39 is 0 Å². The number of hydrogen-bond acceptors (Lipinski definition) is 2. The largest absolute Gasteiger partial charge is 0.494 e. The highest BCUT2D eigenvalue weighted by atomic mass is 16.5. The lowest BCUT2D eigenvalue weighted by molar-refractivity contribution is 0.302. The van der Waals surface area contributed by atoms with Crippen LogP contribution in [0.25, 0.3) is 0 Å². The van der Waals surface area contributed by atoms with Crippen molar-refractivity contribution < 1.29 is 4.74 Å². The maximum atomic E-state index is 5.82. The fourth-order valence-electron chi connectivity index (χ4n) is 1.82. The second kappa shape index (κ2) is 6.26. The molecule has 0 saturated carbocycles. The average molecular weight is 244 g/mol. The maximum Gasteiger partial charge on any atom is 0.119 e. The molecule has 0 saturated heterocycles. The summed E-state index contributed by atoms with van der Waals surface area (Å²) < 4.78 is 7.80. The molecule has 0 aliphatic rings. The zero-order chi connectivity index (χ0) is 12.8. The number of nitrogens with two attached hydrogens (primary N) is 1. The molecule has 3 heteroatoms. The predicted molar refractivity (Wildman–Crippen MR) is 73.6 cm³/mol. The molecule has 1 aromatic heterocycles. The molecule has 2 rings (SSSR count). The van der Waals surface area contributed by atoms with Crippen LogP contribution >= 0.6 is 0 Å². The van der Waals surface area contributed by atoms with Gasteiger partial charge in [-0.05, 0) is 37.1 Å². The summed E-state index contributed by atoms with van der Waals surface area (Å²) in [5, 5.41) is 0. The van der Waals surface area contributed by atoms with E-state index in [9.17, 15) is 0 Å². The van der Waals surface area contributed by atoms with Gasteiger partial charge in [-0.1, -0.05) is 18.2 Å². The molecular weight excluding hydrogens is 224 g/mol. The molecule has 0 bridgehead atoms. The third-order valence-electron chi connectivity index (χ3n) is 2.87. The normalized spacial score (nSPS) is 12.3. The lowest BCUT2D eigenvalue weighted by Crippen LogP contribution is -2.05. The van der Waals surface area contributed by atoms with E-state index >= 15 is 0 Å². The summed E-state index contributed by atoms with van der Waals surface area (Å²) in [5.74, 6) is 0.932. The van der Waals surface area contributed by atoms with Gasteiger partial charge in [0.25, 0.3) is 0 Å². The first-order valence-corrected chi connectivity index (χ1v) is 6.35. The van der Waals surface area contributed by atoms with E-state index in [1.807, 2.05) is 37.3 Å². The molecule has 2 N–H and O–H groups in total. The first kappa shape index (κ1) is 12.7. The van der Waals surface area contributed by atoms with Crippen molar-refractivity contribution in [2.75, 3.05) is 6.61 Å². The van der Waals surface area contributed by atoms with Crippen molar-refractivity contribution in [3.63, 3.8) is 0 Å². The Morgan fingerprint density at radius 3 is 2.67 bits per heavy atom. The van der Waals surface area contributed by atoms with Crippen LogP contribution < -0.4 is 10.5 Å². The summed E-state index contributed by atoms with van der Waals surface area (Å²) in [6, 6.07) is 12.1. The Bertz CT molecular complexity index is 462. The van der Waals surface area contributed by atoms with Crippen LogP contribution in [0.1, 0.15) is 24.9 Å². The second-order valence-corrected chi connectivity index (χ2v) is 4.49. The van der Waals surface area contributed by atoms with E-state index in [4.69, 9.17) is 10.5 Å². The van der Waals surface area contributed by atoms with Gasteiger partial charge in [-0.3, -0.25) is 0 Å². The molecule has 1 atom stereocenters. The first-order valence-electron chi connectivity index (χ1n) is 6.35. The third kappa shape index (κ3) is 3.64. The van der Waals surface area contributed by atoms with Crippen molar-refractivity contribution in [2.24, 2.45) is 5.73 Å². The molecular formula is C15H20N2O. The van der Waals surface area contributed by atoms with Crippen molar-refractivity contribution in [3.05, 3.63) is 54.4 Å². The van der Waals surface area contributed by atoms with Crippen molar-refractivity contribution in [2.45, 2.75) is 25.9 Å². The minimum atomic E-state index is 0.104. The SMILES string of the molecule is CC(N)c1ccn(CCCOc2ccccc2)c1. The van der Waals surface area contributed by atoms with Gasteiger partial charge in [0.15, 0.2) is 0 Å². The highest BCUT2D eigenvalue weighted by Gasteiger charge is 2.01. The zero-order valence-corrected chi connectivity index (χ0v) is 10.8. The molecule has 0 aliphatic heterocycles. The van der Waals surface area contributed by atoms with Gasteiger partial charge in [0.05, 0.1) is 6.61 Å². The number of rotatable bonds is 6. The van der Waals surface area contributed by atoms with E-state index in [0.29, 0.717) is 0 Å². The van der Waals surface area contributed by atoms with Crippen LogP contribution in [-0.4, -0.2) is 11.2 Å². The molecule has 18 heavy (non-hydrogen) atoms. The molecule has 1 heterocycles. The van der Waals surface area contributed by atoms with Gasteiger partial charge in [-0.25, -0.2) is 0 Å².